The predicted molar refractivity (Wildman–Crippen MR) is 94.1 cm³/mol. The van der Waals surface area contributed by atoms with Crippen molar-refractivity contribution in [1.82, 2.24) is 26.1 Å². The Morgan fingerprint density at radius 2 is 2.25 bits per heavy atom. The molecule has 3 unspecified atom stereocenters. The van der Waals surface area contributed by atoms with E-state index in [1.807, 2.05) is 18.3 Å². The van der Waals surface area contributed by atoms with Gasteiger partial charge in [0.1, 0.15) is 0 Å². The van der Waals surface area contributed by atoms with Crippen LogP contribution in [0.1, 0.15) is 37.8 Å². The van der Waals surface area contributed by atoms with Gasteiger partial charge in [-0.05, 0) is 43.5 Å². The molecule has 2 fully saturated rings. The number of piperidine rings is 1. The lowest BCUT2D eigenvalue weighted by molar-refractivity contribution is -0.125. The van der Waals surface area contributed by atoms with Crippen molar-refractivity contribution in [2.45, 2.75) is 32.2 Å². The molecule has 3 rings (SSSR count). The Kier molecular flexibility index (Phi) is 6.18. The number of hydrazine groups is 1. The molecule has 132 valence electrons. The molecule has 0 aliphatic carbocycles. The molecular weight excluding hydrogens is 302 g/mol. The summed E-state index contributed by atoms with van der Waals surface area (Å²) in [6.45, 7) is 7.10. The summed E-state index contributed by atoms with van der Waals surface area (Å²) in [5.74, 6) is 0.495. The molecule has 3 atom stereocenters. The molecule has 1 aromatic heterocycles. The maximum absolute atomic E-state index is 12.6. The minimum Gasteiger partial charge on any atom is -0.355 e. The highest BCUT2D eigenvalue weighted by Crippen LogP contribution is 2.24. The van der Waals surface area contributed by atoms with Crippen molar-refractivity contribution in [2.75, 3.05) is 32.7 Å². The van der Waals surface area contributed by atoms with Gasteiger partial charge in [0.15, 0.2) is 0 Å². The van der Waals surface area contributed by atoms with E-state index in [1.54, 1.807) is 6.20 Å². The minimum atomic E-state index is -0.101. The summed E-state index contributed by atoms with van der Waals surface area (Å²) in [5, 5.41) is 3.15. The van der Waals surface area contributed by atoms with Crippen molar-refractivity contribution in [1.29, 1.82) is 0 Å². The van der Waals surface area contributed by atoms with E-state index in [4.69, 9.17) is 0 Å². The summed E-state index contributed by atoms with van der Waals surface area (Å²) >= 11 is 0. The number of carbonyl (C=O) groups excluding carboxylic acids is 1. The van der Waals surface area contributed by atoms with Gasteiger partial charge in [0, 0.05) is 32.0 Å². The standard InChI is InChI=1S/C18H29N5O/c1-14(13-23-8-3-2-4-9-23)10-20-18(24)16-12-21-22-17(16)15-6-5-7-19-11-15/h5-7,11,14,16-17,21-22H,2-4,8-10,12-13H2,1H3,(H,20,24). The van der Waals surface area contributed by atoms with Crippen LogP contribution < -0.4 is 16.2 Å². The molecule has 6 heteroatoms. The van der Waals surface area contributed by atoms with E-state index >= 15 is 0 Å². The lowest BCUT2D eigenvalue weighted by Gasteiger charge is -2.29. The van der Waals surface area contributed by atoms with Crippen LogP contribution in [-0.4, -0.2) is 48.5 Å². The third kappa shape index (κ3) is 4.53. The molecule has 0 radical (unpaired) electrons. The van der Waals surface area contributed by atoms with Crippen molar-refractivity contribution in [3.8, 4) is 0 Å². The van der Waals surface area contributed by atoms with E-state index in [2.05, 4.69) is 33.0 Å². The van der Waals surface area contributed by atoms with E-state index < -0.39 is 0 Å². The van der Waals surface area contributed by atoms with Crippen LogP contribution in [0, 0.1) is 11.8 Å². The van der Waals surface area contributed by atoms with Gasteiger partial charge >= 0.3 is 0 Å². The second kappa shape index (κ2) is 8.55. The molecule has 0 saturated carbocycles. The highest BCUT2D eigenvalue weighted by atomic mass is 16.2. The first-order valence-electron chi connectivity index (χ1n) is 9.12. The summed E-state index contributed by atoms with van der Waals surface area (Å²) in [4.78, 5) is 19.3. The summed E-state index contributed by atoms with van der Waals surface area (Å²) in [6, 6.07) is 3.90. The van der Waals surface area contributed by atoms with Crippen LogP contribution in [0.3, 0.4) is 0 Å². The largest absolute Gasteiger partial charge is 0.355 e. The summed E-state index contributed by atoms with van der Waals surface area (Å²) in [5.41, 5.74) is 7.35. The average molecular weight is 331 g/mol. The molecule has 6 nitrogen and oxygen atoms in total. The van der Waals surface area contributed by atoms with Gasteiger partial charge in [-0.3, -0.25) is 15.2 Å². The smallest absolute Gasteiger partial charge is 0.226 e. The Hall–Kier alpha value is -1.50. The molecule has 24 heavy (non-hydrogen) atoms. The normalized spacial score (nSPS) is 26.2. The maximum atomic E-state index is 12.6. The third-order valence-corrected chi connectivity index (χ3v) is 5.01. The minimum absolute atomic E-state index is 0.0175. The van der Waals surface area contributed by atoms with Gasteiger partial charge in [-0.1, -0.05) is 19.4 Å². The molecule has 2 aliphatic rings. The van der Waals surface area contributed by atoms with E-state index in [0.717, 1.165) is 18.7 Å². The number of nitrogens with one attached hydrogen (secondary N) is 3. The zero-order valence-electron chi connectivity index (χ0n) is 14.5. The number of carbonyl (C=O) groups is 1. The van der Waals surface area contributed by atoms with Gasteiger partial charge in [0.25, 0.3) is 0 Å². The van der Waals surface area contributed by atoms with Crippen LogP contribution in [-0.2, 0) is 4.79 Å². The number of hydrogen-bond acceptors (Lipinski definition) is 5. The summed E-state index contributed by atoms with van der Waals surface area (Å²) in [7, 11) is 0. The van der Waals surface area contributed by atoms with Crippen LogP contribution >= 0.6 is 0 Å². The van der Waals surface area contributed by atoms with Gasteiger partial charge in [-0.15, -0.1) is 0 Å². The fraction of sp³-hybridized carbons (Fsp3) is 0.667. The highest BCUT2D eigenvalue weighted by molar-refractivity contribution is 5.80. The number of amides is 1. The van der Waals surface area contributed by atoms with Gasteiger partial charge in [-0.2, -0.15) is 0 Å². The molecular formula is C18H29N5O. The maximum Gasteiger partial charge on any atom is 0.226 e. The second-order valence-electron chi connectivity index (χ2n) is 7.11. The van der Waals surface area contributed by atoms with Gasteiger partial charge in [-0.25, -0.2) is 5.43 Å². The first-order chi connectivity index (χ1) is 11.7. The zero-order chi connectivity index (χ0) is 16.8. The molecule has 3 heterocycles. The molecule has 0 spiro atoms. The van der Waals surface area contributed by atoms with Crippen molar-refractivity contribution >= 4 is 5.91 Å². The quantitative estimate of drug-likeness (QED) is 0.728. The van der Waals surface area contributed by atoms with Gasteiger partial charge in [0.2, 0.25) is 5.91 Å². The second-order valence-corrected chi connectivity index (χ2v) is 7.11. The number of aromatic nitrogens is 1. The summed E-state index contributed by atoms with van der Waals surface area (Å²) in [6.07, 6.45) is 7.56. The van der Waals surface area contributed by atoms with E-state index in [1.165, 1.54) is 32.4 Å². The number of nitrogens with zero attached hydrogens (tertiary/aromatic N) is 2. The van der Waals surface area contributed by atoms with E-state index in [0.29, 0.717) is 12.5 Å². The van der Waals surface area contributed by atoms with Crippen molar-refractivity contribution in [3.63, 3.8) is 0 Å². The number of hydrogen-bond donors (Lipinski definition) is 3. The number of likely N-dealkylation sites (tertiary alicyclic amines) is 1. The van der Waals surface area contributed by atoms with Crippen LogP contribution in [0.5, 0.6) is 0 Å². The molecule has 0 bridgehead atoms. The first kappa shape index (κ1) is 17.3. The third-order valence-electron chi connectivity index (χ3n) is 5.01. The topological polar surface area (TPSA) is 69.3 Å². The van der Waals surface area contributed by atoms with Crippen molar-refractivity contribution in [3.05, 3.63) is 30.1 Å². The fourth-order valence-corrected chi connectivity index (χ4v) is 3.67. The lowest BCUT2D eigenvalue weighted by Crippen LogP contribution is -2.41. The van der Waals surface area contributed by atoms with E-state index in [-0.39, 0.29) is 17.9 Å². The van der Waals surface area contributed by atoms with Crippen LogP contribution in [0.2, 0.25) is 0 Å². The number of rotatable bonds is 6. The van der Waals surface area contributed by atoms with Crippen LogP contribution in [0.25, 0.3) is 0 Å². The SMILES string of the molecule is CC(CNC(=O)C1CNNC1c1cccnc1)CN1CCCCC1. The molecule has 3 N–H and O–H groups in total. The molecule has 1 amide bonds. The Bertz CT molecular complexity index is 517. The predicted octanol–water partition coefficient (Wildman–Crippen LogP) is 1.08. The number of pyridine rings is 1. The lowest BCUT2D eigenvalue weighted by atomic mass is 9.95. The summed E-state index contributed by atoms with van der Waals surface area (Å²) < 4.78 is 0. The Morgan fingerprint density at radius 3 is 3.00 bits per heavy atom. The fourth-order valence-electron chi connectivity index (χ4n) is 3.67. The molecule has 2 aliphatic heterocycles. The zero-order valence-corrected chi connectivity index (χ0v) is 14.5. The van der Waals surface area contributed by atoms with Crippen LogP contribution in [0.15, 0.2) is 24.5 Å². The van der Waals surface area contributed by atoms with Crippen LogP contribution in [0.4, 0.5) is 0 Å². The molecule has 2 saturated heterocycles. The highest BCUT2D eigenvalue weighted by Gasteiger charge is 2.34. The first-order valence-corrected chi connectivity index (χ1v) is 9.12. The average Bonchev–Trinajstić information content (AvgIpc) is 3.11. The molecule has 0 aromatic carbocycles. The van der Waals surface area contributed by atoms with Crippen molar-refractivity contribution < 1.29 is 4.79 Å². The Balaban J connectivity index is 1.47. The van der Waals surface area contributed by atoms with Gasteiger partial charge < -0.3 is 10.2 Å². The van der Waals surface area contributed by atoms with Crippen molar-refractivity contribution in [2.24, 2.45) is 11.8 Å². The monoisotopic (exact) mass is 331 g/mol. The Labute approximate surface area is 144 Å². The van der Waals surface area contributed by atoms with Gasteiger partial charge in [0.05, 0.1) is 12.0 Å². The molecule has 1 aromatic rings. The van der Waals surface area contributed by atoms with E-state index in [9.17, 15) is 4.79 Å². The Morgan fingerprint density at radius 1 is 1.42 bits per heavy atom.